The Morgan fingerprint density at radius 3 is 2.69 bits per heavy atom. The van der Waals surface area contributed by atoms with Gasteiger partial charge in [0.2, 0.25) is 0 Å². The minimum Gasteiger partial charge on any atom is -0.410 e. The SMILES string of the molecule is N#C/C(=N/O)c1cccc(F)c1F. The van der Waals surface area contributed by atoms with Crippen molar-refractivity contribution >= 4 is 5.71 Å². The Kier molecular flexibility index (Phi) is 2.55. The number of halogens is 2. The molecule has 0 fully saturated rings. The van der Waals surface area contributed by atoms with Gasteiger partial charge in [0.1, 0.15) is 6.07 Å². The molecule has 5 heteroatoms. The molecule has 0 aliphatic rings. The number of hydrogen-bond acceptors (Lipinski definition) is 3. The van der Waals surface area contributed by atoms with E-state index in [4.69, 9.17) is 10.5 Å². The minimum absolute atomic E-state index is 0.356. The molecule has 1 N–H and O–H groups in total. The standard InChI is InChI=1S/C8H4F2N2O/c9-6-3-1-2-5(8(6)10)7(4-11)12-13/h1-3,13H/b12-7-. The summed E-state index contributed by atoms with van der Waals surface area (Å²) in [5, 5.41) is 19.2. The van der Waals surface area contributed by atoms with Gasteiger partial charge in [-0.3, -0.25) is 0 Å². The van der Waals surface area contributed by atoms with Crippen LogP contribution in [0.3, 0.4) is 0 Å². The molecule has 1 aromatic rings. The van der Waals surface area contributed by atoms with Crippen LogP contribution < -0.4 is 0 Å². The van der Waals surface area contributed by atoms with Crippen LogP contribution in [0.1, 0.15) is 5.56 Å². The molecule has 1 rings (SSSR count). The molecule has 0 saturated carbocycles. The van der Waals surface area contributed by atoms with Crippen molar-refractivity contribution in [2.75, 3.05) is 0 Å². The fourth-order valence-corrected chi connectivity index (χ4v) is 0.823. The number of oxime groups is 1. The van der Waals surface area contributed by atoms with E-state index in [0.717, 1.165) is 12.1 Å². The molecule has 0 atom stereocenters. The van der Waals surface area contributed by atoms with E-state index >= 15 is 0 Å². The molecule has 1 aromatic carbocycles. The number of hydrogen-bond donors (Lipinski definition) is 1. The van der Waals surface area contributed by atoms with Crippen LogP contribution in [0.5, 0.6) is 0 Å². The number of rotatable bonds is 1. The van der Waals surface area contributed by atoms with E-state index in [1.54, 1.807) is 0 Å². The van der Waals surface area contributed by atoms with E-state index in [-0.39, 0.29) is 5.56 Å². The maximum atomic E-state index is 12.9. The molecular weight excluding hydrogens is 178 g/mol. The van der Waals surface area contributed by atoms with Crippen molar-refractivity contribution in [3.63, 3.8) is 0 Å². The van der Waals surface area contributed by atoms with Crippen molar-refractivity contribution < 1.29 is 14.0 Å². The maximum Gasteiger partial charge on any atom is 0.189 e. The van der Waals surface area contributed by atoms with Crippen molar-refractivity contribution in [2.45, 2.75) is 0 Å². The smallest absolute Gasteiger partial charge is 0.189 e. The van der Waals surface area contributed by atoms with Gasteiger partial charge >= 0.3 is 0 Å². The van der Waals surface area contributed by atoms with Crippen LogP contribution in [0.15, 0.2) is 23.4 Å². The molecule has 0 aliphatic heterocycles. The van der Waals surface area contributed by atoms with Gasteiger partial charge in [-0.05, 0) is 12.1 Å². The van der Waals surface area contributed by atoms with Gasteiger partial charge in [-0.15, -0.1) is 0 Å². The van der Waals surface area contributed by atoms with Crippen LogP contribution in [0.25, 0.3) is 0 Å². The van der Waals surface area contributed by atoms with Crippen molar-refractivity contribution in [3.05, 3.63) is 35.4 Å². The predicted molar refractivity (Wildman–Crippen MR) is 40.3 cm³/mol. The third kappa shape index (κ3) is 1.62. The average molecular weight is 182 g/mol. The van der Waals surface area contributed by atoms with Gasteiger partial charge in [-0.2, -0.15) is 5.26 Å². The van der Waals surface area contributed by atoms with Crippen LogP contribution >= 0.6 is 0 Å². The van der Waals surface area contributed by atoms with E-state index in [2.05, 4.69) is 5.16 Å². The van der Waals surface area contributed by atoms with Crippen molar-refractivity contribution in [3.8, 4) is 6.07 Å². The topological polar surface area (TPSA) is 56.4 Å². The molecule has 3 nitrogen and oxygen atoms in total. The summed E-state index contributed by atoms with van der Waals surface area (Å²) >= 11 is 0. The van der Waals surface area contributed by atoms with Crippen LogP contribution in [0.4, 0.5) is 8.78 Å². The summed E-state index contributed by atoms with van der Waals surface area (Å²) < 4.78 is 25.5. The molecule has 13 heavy (non-hydrogen) atoms. The predicted octanol–water partition coefficient (Wildman–Crippen LogP) is 1.67. The lowest BCUT2D eigenvalue weighted by molar-refractivity contribution is 0.320. The van der Waals surface area contributed by atoms with Crippen LogP contribution in [-0.2, 0) is 0 Å². The second-order valence-electron chi connectivity index (χ2n) is 2.16. The second kappa shape index (κ2) is 3.63. The van der Waals surface area contributed by atoms with Gasteiger partial charge in [0, 0.05) is 0 Å². The summed E-state index contributed by atoms with van der Waals surface area (Å²) in [7, 11) is 0. The largest absolute Gasteiger partial charge is 0.410 e. The second-order valence-corrected chi connectivity index (χ2v) is 2.16. The highest BCUT2D eigenvalue weighted by Gasteiger charge is 2.12. The summed E-state index contributed by atoms with van der Waals surface area (Å²) in [6, 6.07) is 4.71. The van der Waals surface area contributed by atoms with Gasteiger partial charge in [0.05, 0.1) is 5.56 Å². The Labute approximate surface area is 72.5 Å². The third-order valence-electron chi connectivity index (χ3n) is 1.41. The third-order valence-corrected chi connectivity index (χ3v) is 1.41. The average Bonchev–Trinajstić information content (AvgIpc) is 2.14. The first-order chi connectivity index (χ1) is 6.20. The fraction of sp³-hybridized carbons (Fsp3) is 0. The summed E-state index contributed by atoms with van der Waals surface area (Å²) in [6.45, 7) is 0. The van der Waals surface area contributed by atoms with Crippen LogP contribution in [0, 0.1) is 23.0 Å². The number of benzene rings is 1. The Hall–Kier alpha value is -1.96. The Morgan fingerprint density at radius 1 is 1.46 bits per heavy atom. The van der Waals surface area contributed by atoms with Crippen molar-refractivity contribution in [1.29, 1.82) is 5.26 Å². The first kappa shape index (κ1) is 9.13. The fourth-order valence-electron chi connectivity index (χ4n) is 0.823. The van der Waals surface area contributed by atoms with Gasteiger partial charge in [-0.25, -0.2) is 8.78 Å². The van der Waals surface area contributed by atoms with Crippen molar-refractivity contribution in [1.82, 2.24) is 0 Å². The summed E-state index contributed by atoms with van der Waals surface area (Å²) in [5.41, 5.74) is -0.915. The van der Waals surface area contributed by atoms with E-state index in [1.165, 1.54) is 12.1 Å². The lowest BCUT2D eigenvalue weighted by Crippen LogP contribution is -2.02. The zero-order chi connectivity index (χ0) is 9.84. The molecule has 0 spiro atoms. The summed E-state index contributed by atoms with van der Waals surface area (Å²) in [6.07, 6.45) is 0. The normalized spacial score (nSPS) is 11.0. The Balaban J connectivity index is 3.32. The van der Waals surface area contributed by atoms with E-state index in [1.807, 2.05) is 0 Å². The molecule has 0 aliphatic carbocycles. The monoisotopic (exact) mass is 182 g/mol. The van der Waals surface area contributed by atoms with E-state index in [0.29, 0.717) is 0 Å². The maximum absolute atomic E-state index is 12.9. The molecule has 0 unspecified atom stereocenters. The Morgan fingerprint density at radius 2 is 2.15 bits per heavy atom. The molecule has 0 radical (unpaired) electrons. The van der Waals surface area contributed by atoms with Crippen LogP contribution in [-0.4, -0.2) is 10.9 Å². The highest BCUT2D eigenvalue weighted by Crippen LogP contribution is 2.11. The Bertz CT molecular complexity index is 396. The van der Waals surface area contributed by atoms with Gasteiger partial charge in [0.25, 0.3) is 0 Å². The van der Waals surface area contributed by atoms with Gasteiger partial charge in [0.15, 0.2) is 17.3 Å². The highest BCUT2D eigenvalue weighted by molar-refractivity contribution is 6.11. The number of nitriles is 1. The van der Waals surface area contributed by atoms with E-state index < -0.39 is 17.3 Å². The van der Waals surface area contributed by atoms with Crippen molar-refractivity contribution in [2.24, 2.45) is 5.16 Å². The first-order valence-corrected chi connectivity index (χ1v) is 3.27. The molecule has 0 amide bonds. The molecule has 0 bridgehead atoms. The summed E-state index contributed by atoms with van der Waals surface area (Å²) in [5.74, 6) is -2.29. The zero-order valence-electron chi connectivity index (χ0n) is 6.33. The molecular formula is C8H4F2N2O. The quantitative estimate of drug-likeness (QED) is 0.408. The van der Waals surface area contributed by atoms with Gasteiger partial charge in [-0.1, -0.05) is 11.2 Å². The first-order valence-electron chi connectivity index (χ1n) is 3.27. The summed E-state index contributed by atoms with van der Waals surface area (Å²) in [4.78, 5) is 0. The molecule has 0 aromatic heterocycles. The molecule has 0 heterocycles. The van der Waals surface area contributed by atoms with Crippen LogP contribution in [0.2, 0.25) is 0 Å². The lowest BCUT2D eigenvalue weighted by atomic mass is 10.1. The highest BCUT2D eigenvalue weighted by atomic mass is 19.2. The molecule has 66 valence electrons. The van der Waals surface area contributed by atoms with E-state index in [9.17, 15) is 8.78 Å². The zero-order valence-corrected chi connectivity index (χ0v) is 6.33. The molecule has 0 saturated heterocycles. The lowest BCUT2D eigenvalue weighted by Gasteiger charge is -1.98. The van der Waals surface area contributed by atoms with Gasteiger partial charge < -0.3 is 5.21 Å². The number of nitrogens with zero attached hydrogens (tertiary/aromatic N) is 2. The minimum atomic E-state index is -1.20.